The van der Waals surface area contributed by atoms with Gasteiger partial charge in [0.05, 0.1) is 52.9 Å². The first-order valence-corrected chi connectivity index (χ1v) is 8.98. The molecule has 0 aliphatic carbocycles. The molecule has 0 aromatic carbocycles. The van der Waals surface area contributed by atoms with Crippen LogP contribution in [0.1, 0.15) is 20.8 Å². The number of hydrogen-bond donors (Lipinski definition) is 2. The van der Waals surface area contributed by atoms with Crippen LogP contribution >= 0.6 is 0 Å². The highest BCUT2D eigenvalue weighted by Crippen LogP contribution is 1.83. The summed E-state index contributed by atoms with van der Waals surface area (Å²) in [5.41, 5.74) is 0. The lowest BCUT2D eigenvalue weighted by atomic mass is 10.6. The maximum absolute atomic E-state index is 11.0. The number of amides is 2. The van der Waals surface area contributed by atoms with Crippen LogP contribution in [-0.4, -0.2) is 91.5 Å². The fourth-order valence-corrected chi connectivity index (χ4v) is 1.51. The number of hydrogen-bond acceptors (Lipinski definition) is 7. The number of carbonyl (C=O) groups excluding carboxylic acids is 2. The maximum atomic E-state index is 11.0. The summed E-state index contributed by atoms with van der Waals surface area (Å²) < 4.78 is 25.9. The molecule has 0 bridgehead atoms. The Morgan fingerprint density at radius 3 is 1.46 bits per heavy atom. The highest BCUT2D eigenvalue weighted by molar-refractivity contribution is 5.77. The highest BCUT2D eigenvalue weighted by atomic mass is 16.6. The number of rotatable bonds is 17. The van der Waals surface area contributed by atoms with Crippen molar-refractivity contribution < 1.29 is 33.3 Å². The van der Waals surface area contributed by atoms with Gasteiger partial charge in [-0.25, -0.2) is 0 Å². The Morgan fingerprint density at radius 1 is 0.692 bits per heavy atom. The number of ether oxygens (including phenoxy) is 5. The first kappa shape index (κ1) is 27.0. The Hall–Kier alpha value is -1.26. The summed E-state index contributed by atoms with van der Waals surface area (Å²) in [5.74, 6) is -0.222. The average molecular weight is 380 g/mol. The molecule has 0 saturated heterocycles. The van der Waals surface area contributed by atoms with E-state index in [1.807, 2.05) is 13.8 Å². The molecule has 0 aliphatic heterocycles. The normalized spacial score (nSPS) is 10.0. The van der Waals surface area contributed by atoms with Crippen molar-refractivity contribution in [1.29, 1.82) is 0 Å². The van der Waals surface area contributed by atoms with Crippen LogP contribution in [0.2, 0.25) is 0 Å². The van der Waals surface area contributed by atoms with Crippen molar-refractivity contribution in [2.75, 3.05) is 79.7 Å². The predicted octanol–water partition coefficient (Wildman–Crippen LogP) is -0.0223. The summed E-state index contributed by atoms with van der Waals surface area (Å²) in [7, 11) is 1.47. The molecule has 0 radical (unpaired) electrons. The molecule has 0 saturated carbocycles. The van der Waals surface area contributed by atoms with Crippen LogP contribution in [0.5, 0.6) is 0 Å². The minimum Gasteiger partial charge on any atom is -0.377 e. The van der Waals surface area contributed by atoms with E-state index in [-0.39, 0.29) is 18.4 Å². The van der Waals surface area contributed by atoms with Gasteiger partial charge in [-0.05, 0) is 0 Å². The van der Waals surface area contributed by atoms with E-state index in [2.05, 4.69) is 15.4 Å². The largest absolute Gasteiger partial charge is 0.377 e. The molecule has 0 unspecified atom stereocenters. The van der Waals surface area contributed by atoms with Gasteiger partial charge in [-0.2, -0.15) is 0 Å². The quantitative estimate of drug-likeness (QED) is 0.342. The van der Waals surface area contributed by atoms with Gasteiger partial charge in [0, 0.05) is 27.1 Å². The molecule has 0 aromatic rings. The van der Waals surface area contributed by atoms with E-state index < -0.39 is 0 Å². The summed E-state index contributed by atoms with van der Waals surface area (Å²) in [6, 6.07) is 0. The smallest absolute Gasteiger partial charge is 0.246 e. The van der Waals surface area contributed by atoms with Crippen LogP contribution in [0, 0.1) is 0 Å². The molecular weight excluding hydrogens is 344 g/mol. The molecule has 2 amide bonds. The first-order valence-electron chi connectivity index (χ1n) is 8.98. The minimum absolute atomic E-state index is 0.0590. The van der Waals surface area contributed by atoms with Gasteiger partial charge in [-0.15, -0.1) is 0 Å². The summed E-state index contributed by atoms with van der Waals surface area (Å²) in [6.07, 6.45) is 0. The van der Waals surface area contributed by atoms with Crippen molar-refractivity contribution in [3.8, 4) is 0 Å². The summed E-state index contributed by atoms with van der Waals surface area (Å²) in [4.78, 5) is 21.6. The Balaban J connectivity index is 0. The van der Waals surface area contributed by atoms with Crippen LogP contribution in [0.3, 0.4) is 0 Å². The lowest BCUT2D eigenvalue weighted by molar-refractivity contribution is -0.125. The molecule has 156 valence electrons. The molecule has 2 N–H and O–H groups in total. The number of nitrogens with one attached hydrogen (secondary N) is 2. The molecule has 0 fully saturated rings. The standard InChI is InChI=1S/C15H30N2O7.C2H6/c1-14(18)16-3-5-21-7-9-23-11-12-24-10-8-22-6-4-17-15(19)13-20-2;1-2/h3-13H2,1-2H3,(H,16,18)(H,17,19);1-2H3. The second kappa shape index (κ2) is 23.7. The molecule has 9 heteroatoms. The predicted molar refractivity (Wildman–Crippen MR) is 98.2 cm³/mol. The van der Waals surface area contributed by atoms with Crippen LogP contribution in [0.25, 0.3) is 0 Å². The minimum atomic E-state index is -0.159. The molecule has 0 heterocycles. The second-order valence-corrected chi connectivity index (χ2v) is 4.72. The highest BCUT2D eigenvalue weighted by Gasteiger charge is 1.98. The molecule has 0 aliphatic rings. The van der Waals surface area contributed by atoms with Gasteiger partial charge in [0.1, 0.15) is 6.61 Å². The van der Waals surface area contributed by atoms with Crippen molar-refractivity contribution in [1.82, 2.24) is 10.6 Å². The molecule has 9 nitrogen and oxygen atoms in total. The first-order chi connectivity index (χ1) is 12.7. The lowest BCUT2D eigenvalue weighted by Crippen LogP contribution is -2.30. The topological polar surface area (TPSA) is 104 Å². The number of carbonyl (C=O) groups is 2. The molecule has 0 spiro atoms. The zero-order valence-corrected chi connectivity index (χ0v) is 16.6. The molecule has 0 rings (SSSR count). The van der Waals surface area contributed by atoms with Crippen LogP contribution < -0.4 is 10.6 Å². The van der Waals surface area contributed by atoms with E-state index in [1.165, 1.54) is 14.0 Å². The fraction of sp³-hybridized carbons (Fsp3) is 0.882. The summed E-state index contributed by atoms with van der Waals surface area (Å²) >= 11 is 0. The summed E-state index contributed by atoms with van der Waals surface area (Å²) in [5, 5.41) is 5.29. The van der Waals surface area contributed by atoms with E-state index in [0.717, 1.165) is 0 Å². The maximum Gasteiger partial charge on any atom is 0.246 e. The van der Waals surface area contributed by atoms with Gasteiger partial charge in [-0.3, -0.25) is 9.59 Å². The third-order valence-corrected chi connectivity index (χ3v) is 2.58. The van der Waals surface area contributed by atoms with E-state index in [9.17, 15) is 9.59 Å². The van der Waals surface area contributed by atoms with E-state index in [0.29, 0.717) is 65.9 Å². The summed E-state index contributed by atoms with van der Waals surface area (Å²) in [6.45, 7) is 10.3. The monoisotopic (exact) mass is 380 g/mol. The van der Waals surface area contributed by atoms with Crippen molar-refractivity contribution in [3.63, 3.8) is 0 Å². The third-order valence-electron chi connectivity index (χ3n) is 2.58. The van der Waals surface area contributed by atoms with E-state index >= 15 is 0 Å². The zero-order valence-electron chi connectivity index (χ0n) is 16.6. The SMILES string of the molecule is CC.COCC(=O)NCCOCCOCCOCCOCCNC(C)=O. The Kier molecular flexibility index (Phi) is 24.6. The Bertz CT molecular complexity index is 317. The van der Waals surface area contributed by atoms with Gasteiger partial charge in [0.15, 0.2) is 0 Å². The van der Waals surface area contributed by atoms with Crippen molar-refractivity contribution >= 4 is 11.8 Å². The van der Waals surface area contributed by atoms with Crippen molar-refractivity contribution in [3.05, 3.63) is 0 Å². The Morgan fingerprint density at radius 2 is 1.08 bits per heavy atom. The van der Waals surface area contributed by atoms with Crippen LogP contribution in [-0.2, 0) is 33.3 Å². The molecule has 0 atom stereocenters. The van der Waals surface area contributed by atoms with Gasteiger partial charge in [0.25, 0.3) is 0 Å². The average Bonchev–Trinajstić information content (AvgIpc) is 2.63. The second-order valence-electron chi connectivity index (χ2n) is 4.72. The van der Waals surface area contributed by atoms with Crippen LogP contribution in [0.4, 0.5) is 0 Å². The van der Waals surface area contributed by atoms with Crippen molar-refractivity contribution in [2.24, 2.45) is 0 Å². The van der Waals surface area contributed by atoms with E-state index in [1.54, 1.807) is 0 Å². The molecular formula is C17H36N2O7. The van der Waals surface area contributed by atoms with Gasteiger partial charge < -0.3 is 34.3 Å². The lowest BCUT2D eigenvalue weighted by Gasteiger charge is -2.08. The number of methoxy groups -OCH3 is 1. The van der Waals surface area contributed by atoms with Gasteiger partial charge in [-0.1, -0.05) is 13.8 Å². The fourth-order valence-electron chi connectivity index (χ4n) is 1.51. The molecule has 26 heavy (non-hydrogen) atoms. The van der Waals surface area contributed by atoms with Crippen LogP contribution in [0.15, 0.2) is 0 Å². The van der Waals surface area contributed by atoms with Gasteiger partial charge >= 0.3 is 0 Å². The Labute approximate surface area is 157 Å². The van der Waals surface area contributed by atoms with Crippen molar-refractivity contribution in [2.45, 2.75) is 20.8 Å². The molecule has 0 aromatic heterocycles. The zero-order chi connectivity index (χ0) is 19.9. The van der Waals surface area contributed by atoms with E-state index in [4.69, 9.17) is 18.9 Å². The van der Waals surface area contributed by atoms with Gasteiger partial charge in [0.2, 0.25) is 11.8 Å². The third kappa shape index (κ3) is 25.0.